The van der Waals surface area contributed by atoms with Crippen molar-refractivity contribution < 1.29 is 9.53 Å². The number of rotatable bonds is 1. The van der Waals surface area contributed by atoms with Gasteiger partial charge >= 0.3 is 5.97 Å². The molecule has 0 amide bonds. The number of esters is 1. The summed E-state index contributed by atoms with van der Waals surface area (Å²) in [5.74, 6) is -0.509. The summed E-state index contributed by atoms with van der Waals surface area (Å²) < 4.78 is 4.52. The second kappa shape index (κ2) is 3.62. The van der Waals surface area contributed by atoms with Crippen LogP contribution in [-0.2, 0) is 4.74 Å². The fraction of sp³-hybridized carbons (Fsp3) is 0.250. The second-order valence-corrected chi connectivity index (χ2v) is 2.87. The maximum absolute atomic E-state index is 11.2. The fourth-order valence-electron chi connectivity index (χ4n) is 0.923. The van der Waals surface area contributed by atoms with Crippen molar-refractivity contribution in [2.75, 3.05) is 12.8 Å². The van der Waals surface area contributed by atoms with Crippen molar-refractivity contribution in [3.63, 3.8) is 0 Å². The van der Waals surface area contributed by atoms with E-state index < -0.39 is 5.97 Å². The molecule has 5 heteroatoms. The van der Waals surface area contributed by atoms with Gasteiger partial charge in [0.2, 0.25) is 0 Å². The lowest BCUT2D eigenvalue weighted by atomic mass is 10.2. The largest absolute Gasteiger partial charge is 0.465 e. The van der Waals surface area contributed by atoms with Gasteiger partial charge in [0.05, 0.1) is 24.1 Å². The molecule has 0 radical (unpaired) electrons. The predicted octanol–water partition coefficient (Wildman–Crippen LogP) is 1.41. The number of ether oxygens (including phenoxy) is 1. The Balaban J connectivity index is 3.28. The Morgan fingerprint density at radius 3 is 2.85 bits per heavy atom. The third kappa shape index (κ3) is 1.89. The number of carbonyl (C=O) groups is 1. The van der Waals surface area contributed by atoms with Gasteiger partial charge in [-0.25, -0.2) is 9.78 Å². The fourth-order valence-corrected chi connectivity index (χ4v) is 1.16. The molecular formula is C8H9ClN2O2. The molecule has 1 rings (SSSR count). The van der Waals surface area contributed by atoms with E-state index in [-0.39, 0.29) is 10.7 Å². The monoisotopic (exact) mass is 200 g/mol. The molecule has 0 atom stereocenters. The van der Waals surface area contributed by atoms with Crippen LogP contribution in [0.2, 0.25) is 5.15 Å². The molecule has 0 bridgehead atoms. The Morgan fingerprint density at radius 2 is 2.31 bits per heavy atom. The molecule has 0 saturated carbocycles. The Hall–Kier alpha value is -1.29. The zero-order valence-electron chi connectivity index (χ0n) is 7.30. The van der Waals surface area contributed by atoms with E-state index in [1.165, 1.54) is 13.2 Å². The molecular weight excluding hydrogens is 192 g/mol. The van der Waals surface area contributed by atoms with E-state index in [9.17, 15) is 4.79 Å². The van der Waals surface area contributed by atoms with E-state index in [1.54, 1.807) is 6.92 Å². The number of halogens is 1. The topological polar surface area (TPSA) is 65.2 Å². The van der Waals surface area contributed by atoms with Gasteiger partial charge in [0.15, 0.2) is 0 Å². The molecule has 0 aliphatic rings. The molecule has 0 aliphatic heterocycles. The number of carbonyl (C=O) groups excluding carboxylic acids is 1. The average molecular weight is 201 g/mol. The summed E-state index contributed by atoms with van der Waals surface area (Å²) in [6.07, 6.45) is 0. The van der Waals surface area contributed by atoms with Crippen LogP contribution in [0.15, 0.2) is 6.07 Å². The van der Waals surface area contributed by atoms with Gasteiger partial charge in [0, 0.05) is 0 Å². The van der Waals surface area contributed by atoms with Crippen molar-refractivity contribution in [3.8, 4) is 0 Å². The molecule has 4 nitrogen and oxygen atoms in total. The highest BCUT2D eigenvalue weighted by Gasteiger charge is 2.13. The molecule has 2 N–H and O–H groups in total. The predicted molar refractivity (Wildman–Crippen MR) is 49.7 cm³/mol. The molecule has 0 aromatic carbocycles. The summed E-state index contributed by atoms with van der Waals surface area (Å²) in [7, 11) is 1.28. The van der Waals surface area contributed by atoms with E-state index in [1.807, 2.05) is 0 Å². The van der Waals surface area contributed by atoms with Gasteiger partial charge in [-0.15, -0.1) is 0 Å². The van der Waals surface area contributed by atoms with Gasteiger partial charge in [-0.05, 0) is 13.0 Å². The molecule has 1 heterocycles. The maximum atomic E-state index is 11.2. The van der Waals surface area contributed by atoms with Crippen LogP contribution < -0.4 is 5.73 Å². The third-order valence-electron chi connectivity index (χ3n) is 1.62. The van der Waals surface area contributed by atoms with Crippen LogP contribution >= 0.6 is 11.6 Å². The summed E-state index contributed by atoms with van der Waals surface area (Å²) in [5.41, 5.74) is 6.68. The Bertz CT molecular complexity index is 352. The lowest BCUT2D eigenvalue weighted by Gasteiger charge is -2.05. The molecule has 0 fully saturated rings. The number of nitrogen functional groups attached to an aromatic ring is 1. The van der Waals surface area contributed by atoms with Gasteiger partial charge in [0.25, 0.3) is 0 Å². The van der Waals surface area contributed by atoms with Crippen molar-refractivity contribution in [2.24, 2.45) is 0 Å². The van der Waals surface area contributed by atoms with Crippen LogP contribution in [-0.4, -0.2) is 18.1 Å². The molecule has 1 aromatic rings. The minimum atomic E-state index is -0.509. The Morgan fingerprint density at radius 1 is 1.69 bits per heavy atom. The highest BCUT2D eigenvalue weighted by Crippen LogP contribution is 2.19. The van der Waals surface area contributed by atoms with Gasteiger partial charge < -0.3 is 10.5 Å². The first-order valence-corrected chi connectivity index (χ1v) is 3.95. The van der Waals surface area contributed by atoms with E-state index in [2.05, 4.69) is 9.72 Å². The van der Waals surface area contributed by atoms with Crippen molar-refractivity contribution in [3.05, 3.63) is 22.5 Å². The number of methoxy groups -OCH3 is 1. The van der Waals surface area contributed by atoms with Gasteiger partial charge in [-0.2, -0.15) is 0 Å². The highest BCUT2D eigenvalue weighted by molar-refractivity contribution is 6.29. The van der Waals surface area contributed by atoms with Crippen LogP contribution in [0, 0.1) is 6.92 Å². The summed E-state index contributed by atoms with van der Waals surface area (Å²) in [5, 5.41) is 0.229. The van der Waals surface area contributed by atoms with Crippen molar-refractivity contribution in [1.29, 1.82) is 0 Å². The number of hydrogen-bond donors (Lipinski definition) is 1. The third-order valence-corrected chi connectivity index (χ3v) is 1.82. The van der Waals surface area contributed by atoms with E-state index in [0.717, 1.165) is 0 Å². The number of nitrogens with zero attached hydrogens (tertiary/aromatic N) is 1. The number of pyridine rings is 1. The van der Waals surface area contributed by atoms with Crippen molar-refractivity contribution in [2.45, 2.75) is 6.92 Å². The second-order valence-electron chi connectivity index (χ2n) is 2.48. The normalized spacial score (nSPS) is 9.77. The lowest BCUT2D eigenvalue weighted by Crippen LogP contribution is -2.08. The van der Waals surface area contributed by atoms with E-state index in [4.69, 9.17) is 17.3 Å². The van der Waals surface area contributed by atoms with E-state index >= 15 is 0 Å². The van der Waals surface area contributed by atoms with Crippen LogP contribution in [0.1, 0.15) is 16.1 Å². The number of aryl methyl sites for hydroxylation is 1. The zero-order chi connectivity index (χ0) is 10.0. The Labute approximate surface area is 80.7 Å². The molecule has 0 aliphatic carbocycles. The minimum absolute atomic E-state index is 0.229. The van der Waals surface area contributed by atoms with Gasteiger partial charge in [-0.1, -0.05) is 11.6 Å². The van der Waals surface area contributed by atoms with Crippen LogP contribution in [0.3, 0.4) is 0 Å². The van der Waals surface area contributed by atoms with Crippen LogP contribution in [0.4, 0.5) is 5.69 Å². The SMILES string of the molecule is COC(=O)c1cc(Cl)nc(C)c1N. The van der Waals surface area contributed by atoms with Crippen molar-refractivity contribution in [1.82, 2.24) is 4.98 Å². The Kier molecular flexibility index (Phi) is 2.72. The first-order valence-electron chi connectivity index (χ1n) is 3.57. The number of aromatic nitrogens is 1. The molecule has 0 saturated heterocycles. The molecule has 0 spiro atoms. The van der Waals surface area contributed by atoms with Gasteiger partial charge in [-0.3, -0.25) is 0 Å². The number of anilines is 1. The van der Waals surface area contributed by atoms with Crippen LogP contribution in [0.5, 0.6) is 0 Å². The maximum Gasteiger partial charge on any atom is 0.340 e. The standard InChI is InChI=1S/C8H9ClN2O2/c1-4-7(10)5(8(12)13-2)3-6(9)11-4/h3H,10H2,1-2H3. The summed E-state index contributed by atoms with van der Waals surface area (Å²) in [6.45, 7) is 1.67. The number of hydrogen-bond acceptors (Lipinski definition) is 4. The summed E-state index contributed by atoms with van der Waals surface area (Å²) in [4.78, 5) is 15.0. The summed E-state index contributed by atoms with van der Waals surface area (Å²) >= 11 is 5.65. The van der Waals surface area contributed by atoms with Crippen molar-refractivity contribution >= 4 is 23.3 Å². The number of nitrogens with two attached hydrogens (primary N) is 1. The quantitative estimate of drug-likeness (QED) is 0.550. The van der Waals surface area contributed by atoms with Crippen LogP contribution in [0.25, 0.3) is 0 Å². The average Bonchev–Trinajstić information content (AvgIpc) is 2.10. The first-order chi connectivity index (χ1) is 6.06. The summed E-state index contributed by atoms with van der Waals surface area (Å²) in [6, 6.07) is 1.38. The molecule has 13 heavy (non-hydrogen) atoms. The minimum Gasteiger partial charge on any atom is -0.465 e. The molecule has 1 aromatic heterocycles. The van der Waals surface area contributed by atoms with E-state index in [0.29, 0.717) is 11.4 Å². The zero-order valence-corrected chi connectivity index (χ0v) is 8.05. The smallest absolute Gasteiger partial charge is 0.340 e. The lowest BCUT2D eigenvalue weighted by molar-refractivity contribution is 0.0601. The highest BCUT2D eigenvalue weighted by atomic mass is 35.5. The molecule has 70 valence electrons. The van der Waals surface area contributed by atoms with Gasteiger partial charge in [0.1, 0.15) is 5.15 Å². The molecule has 0 unspecified atom stereocenters. The first kappa shape index (κ1) is 9.80.